The van der Waals surface area contributed by atoms with Crippen molar-refractivity contribution in [3.63, 3.8) is 0 Å². The van der Waals surface area contributed by atoms with Crippen molar-refractivity contribution >= 4 is 11.6 Å². The van der Waals surface area contributed by atoms with Crippen LogP contribution in [0.4, 0.5) is 0 Å². The Labute approximate surface area is 112 Å². The van der Waals surface area contributed by atoms with E-state index in [1.165, 1.54) is 0 Å². The van der Waals surface area contributed by atoms with Gasteiger partial charge in [0.25, 0.3) is 0 Å². The van der Waals surface area contributed by atoms with Gasteiger partial charge in [-0.05, 0) is 24.5 Å². The van der Waals surface area contributed by atoms with Gasteiger partial charge in [-0.2, -0.15) is 0 Å². The molecule has 0 heterocycles. The zero-order valence-electron chi connectivity index (χ0n) is 10.3. The van der Waals surface area contributed by atoms with E-state index in [9.17, 15) is 10.2 Å². The molecule has 3 nitrogen and oxygen atoms in total. The van der Waals surface area contributed by atoms with E-state index in [0.717, 1.165) is 18.4 Å². The summed E-state index contributed by atoms with van der Waals surface area (Å²) in [5.41, 5.74) is 0.930. The lowest BCUT2D eigenvalue weighted by atomic mass is 10.1. The second-order valence-corrected chi connectivity index (χ2v) is 5.28. The maximum Gasteiger partial charge on any atom is 0.165 e. The Kier molecular flexibility index (Phi) is 4.62. The lowest BCUT2D eigenvalue weighted by molar-refractivity contribution is -0.230. The average molecular weight is 271 g/mol. The Morgan fingerprint density at radius 2 is 1.94 bits per heavy atom. The molecule has 1 aromatic rings. The summed E-state index contributed by atoms with van der Waals surface area (Å²) in [4.78, 5) is 0. The highest BCUT2D eigenvalue weighted by molar-refractivity contribution is 6.31. The van der Waals surface area contributed by atoms with Crippen molar-refractivity contribution in [2.45, 2.75) is 44.0 Å². The molecule has 1 saturated carbocycles. The Hall–Kier alpha value is -0.610. The van der Waals surface area contributed by atoms with Crippen molar-refractivity contribution in [2.75, 3.05) is 6.61 Å². The van der Waals surface area contributed by atoms with Gasteiger partial charge >= 0.3 is 0 Å². The van der Waals surface area contributed by atoms with E-state index in [-0.39, 0.29) is 6.61 Å². The molecule has 0 spiro atoms. The van der Waals surface area contributed by atoms with Gasteiger partial charge in [0, 0.05) is 24.3 Å². The number of rotatable bonds is 5. The summed E-state index contributed by atoms with van der Waals surface area (Å²) < 4.78 is 5.65. The normalized spacial score (nSPS) is 19.9. The number of hydrogen-bond donors (Lipinski definition) is 2. The van der Waals surface area contributed by atoms with Gasteiger partial charge in [-0.15, -0.1) is 0 Å². The third-order valence-electron chi connectivity index (χ3n) is 3.38. The van der Waals surface area contributed by atoms with Crippen LogP contribution < -0.4 is 0 Å². The fraction of sp³-hybridized carbons (Fsp3) is 0.571. The SMILES string of the molecule is OC[C@@H](Cc1ccccc1Cl)OC1(O)CCCC1. The molecule has 1 aliphatic rings. The highest BCUT2D eigenvalue weighted by atomic mass is 35.5. The number of aliphatic hydroxyl groups excluding tert-OH is 1. The van der Waals surface area contributed by atoms with E-state index in [2.05, 4.69) is 0 Å². The van der Waals surface area contributed by atoms with Crippen molar-refractivity contribution in [1.29, 1.82) is 0 Å². The van der Waals surface area contributed by atoms with Gasteiger partial charge in [0.05, 0.1) is 12.7 Å². The minimum atomic E-state index is -1.06. The van der Waals surface area contributed by atoms with Crippen molar-refractivity contribution in [3.8, 4) is 0 Å². The van der Waals surface area contributed by atoms with Crippen LogP contribution in [0.15, 0.2) is 24.3 Å². The van der Waals surface area contributed by atoms with Crippen molar-refractivity contribution in [1.82, 2.24) is 0 Å². The lowest BCUT2D eigenvalue weighted by Crippen LogP contribution is -2.36. The molecule has 2 rings (SSSR count). The minimum Gasteiger partial charge on any atom is -0.394 e. The molecule has 0 bridgehead atoms. The van der Waals surface area contributed by atoms with E-state index >= 15 is 0 Å². The number of hydrogen-bond acceptors (Lipinski definition) is 3. The van der Waals surface area contributed by atoms with Crippen molar-refractivity contribution < 1.29 is 14.9 Å². The predicted molar refractivity (Wildman–Crippen MR) is 70.5 cm³/mol. The standard InChI is InChI=1S/C14H19ClO3/c15-13-6-2-1-5-11(13)9-12(10-16)18-14(17)7-3-4-8-14/h1-2,5-6,12,16-17H,3-4,7-10H2/t12-/m1/s1. The monoisotopic (exact) mass is 270 g/mol. The zero-order valence-corrected chi connectivity index (χ0v) is 11.1. The Morgan fingerprint density at radius 3 is 2.56 bits per heavy atom. The molecule has 100 valence electrons. The van der Waals surface area contributed by atoms with Gasteiger partial charge in [0.2, 0.25) is 0 Å². The van der Waals surface area contributed by atoms with Gasteiger partial charge in [0.15, 0.2) is 5.79 Å². The van der Waals surface area contributed by atoms with Crippen molar-refractivity contribution in [2.24, 2.45) is 0 Å². The quantitative estimate of drug-likeness (QED) is 0.809. The first-order chi connectivity index (χ1) is 8.63. The predicted octanol–water partition coefficient (Wildman–Crippen LogP) is 2.52. The molecule has 1 aromatic carbocycles. The Morgan fingerprint density at radius 1 is 1.28 bits per heavy atom. The van der Waals surface area contributed by atoms with Crippen LogP contribution in [0.2, 0.25) is 5.02 Å². The summed E-state index contributed by atoms with van der Waals surface area (Å²) in [6, 6.07) is 7.49. The van der Waals surface area contributed by atoms with Gasteiger partial charge in [-0.25, -0.2) is 0 Å². The summed E-state index contributed by atoms with van der Waals surface area (Å²) >= 11 is 6.08. The van der Waals surface area contributed by atoms with Crippen LogP contribution in [-0.2, 0) is 11.2 Å². The van der Waals surface area contributed by atoms with E-state index < -0.39 is 11.9 Å². The van der Waals surface area contributed by atoms with E-state index in [4.69, 9.17) is 16.3 Å². The number of ether oxygens (including phenoxy) is 1. The molecule has 0 aromatic heterocycles. The summed E-state index contributed by atoms with van der Waals surface area (Å²) in [6.45, 7) is -0.118. The van der Waals surface area contributed by atoms with E-state index in [1.807, 2.05) is 24.3 Å². The zero-order chi connectivity index (χ0) is 13.0. The average Bonchev–Trinajstić information content (AvgIpc) is 2.78. The highest BCUT2D eigenvalue weighted by Crippen LogP contribution is 2.32. The number of halogens is 1. The molecule has 0 amide bonds. The molecule has 18 heavy (non-hydrogen) atoms. The third kappa shape index (κ3) is 3.45. The summed E-state index contributed by atoms with van der Waals surface area (Å²) in [6.07, 6.45) is 3.34. The molecule has 0 radical (unpaired) electrons. The van der Waals surface area contributed by atoms with Crippen LogP contribution in [0.5, 0.6) is 0 Å². The fourth-order valence-corrected chi connectivity index (χ4v) is 2.62. The summed E-state index contributed by atoms with van der Waals surface area (Å²) in [5, 5.41) is 20.2. The molecule has 1 aliphatic carbocycles. The van der Waals surface area contributed by atoms with Gasteiger partial charge in [-0.1, -0.05) is 29.8 Å². The van der Waals surface area contributed by atoms with Gasteiger partial charge < -0.3 is 14.9 Å². The largest absolute Gasteiger partial charge is 0.394 e. The van der Waals surface area contributed by atoms with E-state index in [0.29, 0.717) is 24.3 Å². The first-order valence-electron chi connectivity index (χ1n) is 6.37. The van der Waals surface area contributed by atoms with Crippen LogP contribution >= 0.6 is 11.6 Å². The van der Waals surface area contributed by atoms with E-state index in [1.54, 1.807) is 0 Å². The topological polar surface area (TPSA) is 49.7 Å². The number of benzene rings is 1. The van der Waals surface area contributed by atoms with Crippen LogP contribution in [0.25, 0.3) is 0 Å². The molecule has 2 N–H and O–H groups in total. The van der Waals surface area contributed by atoms with Crippen LogP contribution in [0, 0.1) is 0 Å². The highest BCUT2D eigenvalue weighted by Gasteiger charge is 2.34. The molecule has 1 atom stereocenters. The Balaban J connectivity index is 1.99. The maximum absolute atomic E-state index is 10.2. The Bertz CT molecular complexity index is 388. The molecule has 0 aliphatic heterocycles. The second-order valence-electron chi connectivity index (χ2n) is 4.87. The lowest BCUT2D eigenvalue weighted by Gasteiger charge is -2.28. The molecule has 0 saturated heterocycles. The molecule has 1 fully saturated rings. The smallest absolute Gasteiger partial charge is 0.165 e. The van der Waals surface area contributed by atoms with Gasteiger partial charge in [0.1, 0.15) is 0 Å². The van der Waals surface area contributed by atoms with Crippen LogP contribution in [0.3, 0.4) is 0 Å². The first-order valence-corrected chi connectivity index (χ1v) is 6.75. The molecular weight excluding hydrogens is 252 g/mol. The van der Waals surface area contributed by atoms with Gasteiger partial charge in [-0.3, -0.25) is 0 Å². The molecule has 0 unspecified atom stereocenters. The van der Waals surface area contributed by atoms with Crippen LogP contribution in [-0.4, -0.2) is 28.7 Å². The van der Waals surface area contributed by atoms with Crippen molar-refractivity contribution in [3.05, 3.63) is 34.9 Å². The third-order valence-corrected chi connectivity index (χ3v) is 3.75. The fourth-order valence-electron chi connectivity index (χ4n) is 2.41. The maximum atomic E-state index is 10.2. The second kappa shape index (κ2) is 6.02. The van der Waals surface area contributed by atoms with Crippen LogP contribution in [0.1, 0.15) is 31.2 Å². The first kappa shape index (κ1) is 13.8. The minimum absolute atomic E-state index is 0.118. The number of aliphatic hydroxyl groups is 2. The molecule has 4 heteroatoms. The molecular formula is C14H19ClO3. The summed E-state index contributed by atoms with van der Waals surface area (Å²) in [7, 11) is 0. The summed E-state index contributed by atoms with van der Waals surface area (Å²) in [5.74, 6) is -1.06.